The molecule has 0 saturated heterocycles. The number of hydrogen-bond acceptors (Lipinski definition) is 3. The quantitative estimate of drug-likeness (QED) is 0.908. The molecule has 112 valence electrons. The Bertz CT molecular complexity index is 664. The third-order valence-corrected chi connectivity index (χ3v) is 4.43. The molecule has 4 heteroatoms. The van der Waals surface area contributed by atoms with Gasteiger partial charge in [0, 0.05) is 0 Å². The molecule has 1 aliphatic rings. The second-order valence-corrected chi connectivity index (χ2v) is 6.30. The zero-order valence-electron chi connectivity index (χ0n) is 12.6. The Hall–Kier alpha value is -1.68. The molecule has 1 fully saturated rings. The van der Waals surface area contributed by atoms with Crippen LogP contribution in [0.5, 0.6) is 0 Å². The van der Waals surface area contributed by atoms with Gasteiger partial charge in [-0.3, -0.25) is 4.79 Å². The number of rotatable bonds is 4. The zero-order chi connectivity index (χ0) is 14.7. The molecule has 21 heavy (non-hydrogen) atoms. The Morgan fingerprint density at radius 3 is 3.05 bits per heavy atom. The van der Waals surface area contributed by atoms with E-state index < -0.39 is 0 Å². The molecule has 0 radical (unpaired) electrons. The Morgan fingerprint density at radius 2 is 2.19 bits per heavy atom. The number of H-pyrrole nitrogens is 1. The van der Waals surface area contributed by atoms with Crippen LogP contribution in [0.25, 0.3) is 10.9 Å². The number of para-hydroxylation sites is 1. The second kappa shape index (κ2) is 6.39. The number of fused-ring (bicyclic) bond motifs is 1. The van der Waals surface area contributed by atoms with Crippen molar-refractivity contribution in [3.63, 3.8) is 0 Å². The van der Waals surface area contributed by atoms with Crippen LogP contribution in [0.3, 0.4) is 0 Å². The highest BCUT2D eigenvalue weighted by molar-refractivity contribution is 5.77. The minimum Gasteiger partial charge on any atom is -0.310 e. The third kappa shape index (κ3) is 3.50. The van der Waals surface area contributed by atoms with E-state index in [4.69, 9.17) is 0 Å². The molecule has 2 aromatic rings. The van der Waals surface area contributed by atoms with Crippen molar-refractivity contribution in [1.82, 2.24) is 15.3 Å². The van der Waals surface area contributed by atoms with E-state index in [0.29, 0.717) is 11.9 Å². The van der Waals surface area contributed by atoms with E-state index in [9.17, 15) is 4.79 Å². The largest absolute Gasteiger partial charge is 0.310 e. The fourth-order valence-corrected chi connectivity index (χ4v) is 3.36. The van der Waals surface area contributed by atoms with Crippen LogP contribution in [0, 0.1) is 11.8 Å². The molecule has 1 aromatic carbocycles. The smallest absolute Gasteiger partial charge is 0.258 e. The van der Waals surface area contributed by atoms with Gasteiger partial charge >= 0.3 is 0 Å². The van der Waals surface area contributed by atoms with Crippen LogP contribution in [0.1, 0.15) is 38.4 Å². The summed E-state index contributed by atoms with van der Waals surface area (Å²) in [6.45, 7) is 3.99. The third-order valence-electron chi connectivity index (χ3n) is 4.43. The fourth-order valence-electron chi connectivity index (χ4n) is 3.36. The predicted octanol–water partition coefficient (Wildman–Crippen LogP) is 2.84. The lowest BCUT2D eigenvalue weighted by Gasteiger charge is -2.26. The maximum absolute atomic E-state index is 12.0. The first-order valence-corrected chi connectivity index (χ1v) is 7.91. The minimum atomic E-state index is -0.0521. The summed E-state index contributed by atoms with van der Waals surface area (Å²) in [4.78, 5) is 19.4. The highest BCUT2D eigenvalue weighted by Gasteiger charge is 2.18. The summed E-state index contributed by atoms with van der Waals surface area (Å²) < 4.78 is 0. The molecule has 0 amide bonds. The molecule has 0 aliphatic heterocycles. The Morgan fingerprint density at radius 1 is 1.33 bits per heavy atom. The average molecular weight is 285 g/mol. The number of aromatic nitrogens is 2. The average Bonchev–Trinajstić information content (AvgIpc) is 2.47. The molecule has 1 aromatic heterocycles. The first kappa shape index (κ1) is 14.3. The van der Waals surface area contributed by atoms with Gasteiger partial charge < -0.3 is 10.3 Å². The van der Waals surface area contributed by atoms with Gasteiger partial charge in [0.1, 0.15) is 5.82 Å². The van der Waals surface area contributed by atoms with E-state index in [0.717, 1.165) is 29.7 Å². The summed E-state index contributed by atoms with van der Waals surface area (Å²) >= 11 is 0. The van der Waals surface area contributed by atoms with Gasteiger partial charge in [-0.15, -0.1) is 0 Å². The number of nitrogens with one attached hydrogen (secondary N) is 2. The van der Waals surface area contributed by atoms with Gasteiger partial charge in [-0.25, -0.2) is 4.98 Å². The molecular formula is C17H23N3O. The van der Waals surface area contributed by atoms with E-state index in [1.54, 1.807) is 0 Å². The van der Waals surface area contributed by atoms with Crippen molar-refractivity contribution in [2.45, 2.75) is 39.2 Å². The van der Waals surface area contributed by atoms with Gasteiger partial charge in [0.15, 0.2) is 0 Å². The number of hydrogen-bond donors (Lipinski definition) is 2. The summed E-state index contributed by atoms with van der Waals surface area (Å²) in [6, 6.07) is 7.47. The second-order valence-electron chi connectivity index (χ2n) is 6.30. The van der Waals surface area contributed by atoms with Gasteiger partial charge in [-0.1, -0.05) is 31.9 Å². The van der Waals surface area contributed by atoms with Crippen molar-refractivity contribution >= 4 is 10.9 Å². The molecule has 2 atom stereocenters. The summed E-state index contributed by atoms with van der Waals surface area (Å²) in [5, 5.41) is 4.11. The first-order valence-electron chi connectivity index (χ1n) is 7.91. The van der Waals surface area contributed by atoms with E-state index in [2.05, 4.69) is 22.2 Å². The van der Waals surface area contributed by atoms with Crippen molar-refractivity contribution in [3.05, 3.63) is 40.4 Å². The van der Waals surface area contributed by atoms with Crippen molar-refractivity contribution < 1.29 is 0 Å². The van der Waals surface area contributed by atoms with E-state index in [1.165, 1.54) is 25.7 Å². The molecule has 3 rings (SSSR count). The van der Waals surface area contributed by atoms with E-state index in [-0.39, 0.29) is 5.56 Å². The number of aromatic amines is 1. The van der Waals surface area contributed by atoms with Crippen LogP contribution in [0.15, 0.2) is 29.1 Å². The molecule has 2 unspecified atom stereocenters. The first-order chi connectivity index (χ1) is 10.2. The van der Waals surface area contributed by atoms with Crippen LogP contribution in [0.2, 0.25) is 0 Å². The minimum absolute atomic E-state index is 0.0521. The van der Waals surface area contributed by atoms with Crippen LogP contribution in [-0.2, 0) is 6.54 Å². The van der Waals surface area contributed by atoms with E-state index >= 15 is 0 Å². The zero-order valence-corrected chi connectivity index (χ0v) is 12.6. The summed E-state index contributed by atoms with van der Waals surface area (Å²) in [5.41, 5.74) is 0.716. The van der Waals surface area contributed by atoms with Crippen LogP contribution in [0.4, 0.5) is 0 Å². The molecular weight excluding hydrogens is 262 g/mol. The number of nitrogens with zero attached hydrogens (tertiary/aromatic N) is 1. The Balaban J connectivity index is 1.61. The lowest BCUT2D eigenvalue weighted by Crippen LogP contribution is -2.27. The SMILES string of the molecule is CC1CCCC(CNCc2nc3ccccc3c(=O)[nH]2)C1. The van der Waals surface area contributed by atoms with Gasteiger partial charge in [0.05, 0.1) is 17.4 Å². The molecule has 0 spiro atoms. The Kier molecular flexibility index (Phi) is 4.34. The van der Waals surface area contributed by atoms with Gasteiger partial charge in [0.2, 0.25) is 0 Å². The van der Waals surface area contributed by atoms with Crippen LogP contribution < -0.4 is 10.9 Å². The van der Waals surface area contributed by atoms with Crippen molar-refractivity contribution in [2.24, 2.45) is 11.8 Å². The fraction of sp³-hybridized carbons (Fsp3) is 0.529. The molecule has 4 nitrogen and oxygen atoms in total. The van der Waals surface area contributed by atoms with Crippen molar-refractivity contribution in [2.75, 3.05) is 6.54 Å². The monoisotopic (exact) mass is 285 g/mol. The maximum Gasteiger partial charge on any atom is 0.258 e. The normalized spacial score (nSPS) is 22.5. The molecule has 1 saturated carbocycles. The maximum atomic E-state index is 12.0. The summed E-state index contributed by atoms with van der Waals surface area (Å²) in [7, 11) is 0. The Labute approximate surface area is 125 Å². The molecule has 0 bridgehead atoms. The molecule has 1 heterocycles. The van der Waals surface area contributed by atoms with Gasteiger partial charge in [0.25, 0.3) is 5.56 Å². The van der Waals surface area contributed by atoms with E-state index in [1.807, 2.05) is 24.3 Å². The standard InChI is InChI=1S/C17H23N3O/c1-12-5-4-6-13(9-12)10-18-11-16-19-15-8-3-2-7-14(15)17(21)20-16/h2-3,7-8,12-13,18H,4-6,9-11H2,1H3,(H,19,20,21). The topological polar surface area (TPSA) is 57.8 Å². The number of benzene rings is 1. The summed E-state index contributed by atoms with van der Waals surface area (Å²) in [6.07, 6.45) is 5.35. The van der Waals surface area contributed by atoms with Gasteiger partial charge in [-0.05, 0) is 43.4 Å². The lowest BCUT2D eigenvalue weighted by molar-refractivity contribution is 0.273. The predicted molar refractivity (Wildman–Crippen MR) is 85.2 cm³/mol. The highest BCUT2D eigenvalue weighted by Crippen LogP contribution is 2.27. The molecule has 2 N–H and O–H groups in total. The molecule has 1 aliphatic carbocycles. The van der Waals surface area contributed by atoms with Crippen LogP contribution >= 0.6 is 0 Å². The highest BCUT2D eigenvalue weighted by atomic mass is 16.1. The van der Waals surface area contributed by atoms with Crippen LogP contribution in [-0.4, -0.2) is 16.5 Å². The lowest BCUT2D eigenvalue weighted by atomic mass is 9.82. The summed E-state index contributed by atoms with van der Waals surface area (Å²) in [5.74, 6) is 2.34. The van der Waals surface area contributed by atoms with Crippen molar-refractivity contribution in [3.8, 4) is 0 Å². The van der Waals surface area contributed by atoms with Gasteiger partial charge in [-0.2, -0.15) is 0 Å². The van der Waals surface area contributed by atoms with Crippen molar-refractivity contribution in [1.29, 1.82) is 0 Å².